The van der Waals surface area contributed by atoms with Gasteiger partial charge in [0.1, 0.15) is 0 Å². The van der Waals surface area contributed by atoms with Gasteiger partial charge in [0.2, 0.25) is 0 Å². The van der Waals surface area contributed by atoms with E-state index < -0.39 is 0 Å². The van der Waals surface area contributed by atoms with Crippen molar-refractivity contribution >= 4 is 0 Å². The number of hydrogen-bond acceptors (Lipinski definition) is 0. The Bertz CT molecular complexity index is 282. The Hall–Kier alpha value is -1.04. The molecule has 0 nitrogen and oxygen atoms in total. The third-order valence-corrected chi connectivity index (χ3v) is 2.89. The lowest BCUT2D eigenvalue weighted by atomic mass is 9.98. The summed E-state index contributed by atoms with van der Waals surface area (Å²) in [6.45, 7) is 6.76. The molecule has 0 aliphatic rings. The maximum Gasteiger partial charge on any atom is -0.00948 e. The molecule has 76 valence electrons. The fraction of sp³-hybridized carbons (Fsp3) is 0.429. The summed E-state index contributed by atoms with van der Waals surface area (Å²) in [4.78, 5) is 0. The van der Waals surface area contributed by atoms with Crippen LogP contribution in [0.4, 0.5) is 0 Å². The van der Waals surface area contributed by atoms with Crippen molar-refractivity contribution in [3.63, 3.8) is 0 Å². The van der Waals surface area contributed by atoms with Crippen molar-refractivity contribution in [1.82, 2.24) is 0 Å². The van der Waals surface area contributed by atoms with Gasteiger partial charge in [0.05, 0.1) is 0 Å². The van der Waals surface area contributed by atoms with E-state index in [2.05, 4.69) is 57.2 Å². The van der Waals surface area contributed by atoms with Gasteiger partial charge in [-0.3, -0.25) is 0 Å². The van der Waals surface area contributed by atoms with Crippen LogP contribution in [0, 0.1) is 5.92 Å². The summed E-state index contributed by atoms with van der Waals surface area (Å²) in [5.74, 6) is 0.721. The van der Waals surface area contributed by atoms with Gasteiger partial charge in [0, 0.05) is 0 Å². The van der Waals surface area contributed by atoms with Crippen molar-refractivity contribution in [2.45, 2.75) is 33.6 Å². The second kappa shape index (κ2) is 5.64. The highest BCUT2D eigenvalue weighted by atomic mass is 14.1. The Kier molecular flexibility index (Phi) is 4.45. The Balaban J connectivity index is 2.55. The van der Waals surface area contributed by atoms with Gasteiger partial charge in [-0.15, -0.1) is 0 Å². The van der Waals surface area contributed by atoms with Crippen molar-refractivity contribution in [3.8, 4) is 0 Å². The normalized spacial score (nSPS) is 14.1. The summed E-state index contributed by atoms with van der Waals surface area (Å²) in [7, 11) is 0. The largest absolute Gasteiger partial charge is 0.0809 e. The minimum atomic E-state index is 0.721. The predicted octanol–water partition coefficient (Wildman–Crippen LogP) is 4.22. The molecule has 14 heavy (non-hydrogen) atoms. The van der Waals surface area contributed by atoms with Crippen LogP contribution in [0.5, 0.6) is 0 Å². The first kappa shape index (κ1) is 11.0. The standard InChI is InChI=1S/C14H20/c1-4-12(2)13(3)10-11-14-8-6-5-7-9-14/h5-10,12H,4,11H2,1-3H3/b13-10+. The summed E-state index contributed by atoms with van der Waals surface area (Å²) < 4.78 is 0. The first-order valence-electron chi connectivity index (χ1n) is 5.44. The lowest BCUT2D eigenvalue weighted by molar-refractivity contribution is 0.652. The first-order chi connectivity index (χ1) is 6.74. The van der Waals surface area contributed by atoms with Gasteiger partial charge in [-0.25, -0.2) is 0 Å². The molecule has 0 aliphatic heterocycles. The molecule has 0 N–H and O–H groups in total. The van der Waals surface area contributed by atoms with E-state index in [0.717, 1.165) is 12.3 Å². The molecule has 1 unspecified atom stereocenters. The van der Waals surface area contributed by atoms with Crippen LogP contribution in [0.3, 0.4) is 0 Å². The highest BCUT2D eigenvalue weighted by molar-refractivity contribution is 5.19. The van der Waals surface area contributed by atoms with Crippen LogP contribution in [-0.4, -0.2) is 0 Å². The van der Waals surface area contributed by atoms with Gasteiger partial charge < -0.3 is 0 Å². The van der Waals surface area contributed by atoms with E-state index in [4.69, 9.17) is 0 Å². The van der Waals surface area contributed by atoms with Gasteiger partial charge in [-0.05, 0) is 31.2 Å². The lowest BCUT2D eigenvalue weighted by Gasteiger charge is -2.08. The quantitative estimate of drug-likeness (QED) is 0.620. The molecule has 0 aromatic heterocycles. The summed E-state index contributed by atoms with van der Waals surface area (Å²) >= 11 is 0. The van der Waals surface area contributed by atoms with Crippen LogP contribution in [0.2, 0.25) is 0 Å². The second-order valence-corrected chi connectivity index (χ2v) is 3.95. The first-order valence-corrected chi connectivity index (χ1v) is 5.44. The smallest absolute Gasteiger partial charge is 0.00948 e. The highest BCUT2D eigenvalue weighted by Crippen LogP contribution is 2.14. The summed E-state index contributed by atoms with van der Waals surface area (Å²) in [5, 5.41) is 0. The Morgan fingerprint density at radius 2 is 1.93 bits per heavy atom. The fourth-order valence-electron chi connectivity index (χ4n) is 1.42. The van der Waals surface area contributed by atoms with E-state index in [1.165, 1.54) is 17.6 Å². The average Bonchev–Trinajstić information content (AvgIpc) is 2.26. The fourth-order valence-corrected chi connectivity index (χ4v) is 1.42. The molecular formula is C14H20. The molecule has 0 bridgehead atoms. The molecule has 0 saturated heterocycles. The molecule has 1 atom stereocenters. The van der Waals surface area contributed by atoms with Crippen LogP contribution in [0.1, 0.15) is 32.8 Å². The molecule has 0 saturated carbocycles. The van der Waals surface area contributed by atoms with Gasteiger partial charge in [0.25, 0.3) is 0 Å². The third-order valence-electron chi connectivity index (χ3n) is 2.89. The molecule has 0 spiro atoms. The topological polar surface area (TPSA) is 0 Å². The van der Waals surface area contributed by atoms with E-state index >= 15 is 0 Å². The van der Waals surface area contributed by atoms with Gasteiger partial charge in [-0.2, -0.15) is 0 Å². The highest BCUT2D eigenvalue weighted by Gasteiger charge is 1.99. The molecule has 0 aliphatic carbocycles. The van der Waals surface area contributed by atoms with Crippen molar-refractivity contribution in [1.29, 1.82) is 0 Å². The Morgan fingerprint density at radius 3 is 2.50 bits per heavy atom. The van der Waals surface area contributed by atoms with E-state index in [-0.39, 0.29) is 0 Å². The number of allylic oxidation sites excluding steroid dienone is 2. The summed E-state index contributed by atoms with van der Waals surface area (Å²) in [6.07, 6.45) is 4.65. The van der Waals surface area contributed by atoms with E-state index in [0.29, 0.717) is 0 Å². The number of rotatable bonds is 4. The molecule has 0 heterocycles. The van der Waals surface area contributed by atoms with Crippen LogP contribution >= 0.6 is 0 Å². The van der Waals surface area contributed by atoms with Crippen molar-refractivity contribution in [2.75, 3.05) is 0 Å². The lowest BCUT2D eigenvalue weighted by Crippen LogP contribution is -1.94. The van der Waals surface area contributed by atoms with Crippen LogP contribution in [0.15, 0.2) is 42.0 Å². The van der Waals surface area contributed by atoms with Crippen molar-refractivity contribution in [3.05, 3.63) is 47.5 Å². The molecule has 0 fully saturated rings. The van der Waals surface area contributed by atoms with E-state index in [1.54, 1.807) is 0 Å². The molecule has 0 radical (unpaired) electrons. The molecule has 1 aromatic carbocycles. The maximum absolute atomic E-state index is 2.35. The van der Waals surface area contributed by atoms with Gasteiger partial charge >= 0.3 is 0 Å². The number of benzene rings is 1. The molecule has 0 amide bonds. The van der Waals surface area contributed by atoms with Crippen molar-refractivity contribution in [2.24, 2.45) is 5.92 Å². The van der Waals surface area contributed by atoms with E-state index in [9.17, 15) is 0 Å². The summed E-state index contributed by atoms with van der Waals surface area (Å²) in [5.41, 5.74) is 2.91. The maximum atomic E-state index is 2.35. The molecule has 1 rings (SSSR count). The molecule has 0 heteroatoms. The molecular weight excluding hydrogens is 168 g/mol. The predicted molar refractivity (Wildman–Crippen MR) is 63.4 cm³/mol. The van der Waals surface area contributed by atoms with E-state index in [1.807, 2.05) is 0 Å². The Morgan fingerprint density at radius 1 is 1.29 bits per heavy atom. The number of hydrogen-bond donors (Lipinski definition) is 0. The minimum Gasteiger partial charge on any atom is -0.0809 e. The van der Waals surface area contributed by atoms with Crippen LogP contribution < -0.4 is 0 Å². The average molecular weight is 188 g/mol. The van der Waals surface area contributed by atoms with Crippen molar-refractivity contribution < 1.29 is 0 Å². The van der Waals surface area contributed by atoms with Crippen LogP contribution in [-0.2, 0) is 6.42 Å². The zero-order valence-corrected chi connectivity index (χ0v) is 9.46. The monoisotopic (exact) mass is 188 g/mol. The zero-order chi connectivity index (χ0) is 10.4. The Labute approximate surface area is 87.7 Å². The SMILES string of the molecule is CCC(C)/C(C)=C/Cc1ccccc1. The zero-order valence-electron chi connectivity index (χ0n) is 9.46. The van der Waals surface area contributed by atoms with Gasteiger partial charge in [-0.1, -0.05) is 55.8 Å². The third kappa shape index (κ3) is 3.37. The second-order valence-electron chi connectivity index (χ2n) is 3.95. The van der Waals surface area contributed by atoms with Crippen LogP contribution in [0.25, 0.3) is 0 Å². The minimum absolute atomic E-state index is 0.721. The molecule has 1 aromatic rings. The van der Waals surface area contributed by atoms with Gasteiger partial charge in [0.15, 0.2) is 0 Å². The summed E-state index contributed by atoms with van der Waals surface area (Å²) in [6, 6.07) is 10.6.